The number of aliphatic hydroxyl groups excluding tert-OH is 2. The van der Waals surface area contributed by atoms with Crippen molar-refractivity contribution in [3.8, 4) is 16.9 Å². The number of hydrogen-bond acceptors (Lipinski definition) is 10. The first kappa shape index (κ1) is 50.2. The van der Waals surface area contributed by atoms with Gasteiger partial charge >= 0.3 is 11.9 Å². The fraction of sp³-hybridized carbons (Fsp3) is 0.477. The van der Waals surface area contributed by atoms with Crippen LogP contribution < -0.4 is 16.0 Å². The molecule has 10 aliphatic rings. The van der Waals surface area contributed by atoms with Gasteiger partial charge in [0.25, 0.3) is 0 Å². The third-order valence-corrected chi connectivity index (χ3v) is 19.6. The number of nitrogens with one attached hydrogen (secondary N) is 3. The number of esters is 2. The van der Waals surface area contributed by atoms with E-state index < -0.39 is 5.41 Å². The Labute approximate surface area is 442 Å². The summed E-state index contributed by atoms with van der Waals surface area (Å²) in [6.45, 7) is 2.63. The van der Waals surface area contributed by atoms with Crippen LogP contribution in [0.5, 0.6) is 5.75 Å². The Morgan fingerprint density at radius 3 is 2.53 bits per heavy atom. The summed E-state index contributed by atoms with van der Waals surface area (Å²) in [6.07, 6.45) is 17.5. The number of cyclic esters (lactones) is 1. The number of ether oxygens (including phenoxy) is 2. The standard InChI is InChI=1S/C65H75N3O7/c1-66-57-35-48(22-27-68-57)64-24-20-55-53-18-17-52-51-19-25-65(60(52)59(53)62(72)74-55)56(34-43(23-29-70)30-40-8-3-2-4-9-40)75-63(73)61(65)58(51)54-36-49(71)15-16-50(54)45-13-6-12-44(33-45)39-67-26-21-41-10-5-11-42(31-41)32-47(38-64)46(37-64)14-7-28-69/h2-6,8-13,15-16,20,31,33-34,36,43,46-48,51-52,57,60,66-71H,7,14,17-19,21-30,32,35,37-39H2,1H3. The Bertz CT molecular complexity index is 2960. The second-order valence-electron chi connectivity index (χ2n) is 23.6. The highest BCUT2D eigenvalue weighted by atomic mass is 16.6. The highest BCUT2D eigenvalue weighted by Gasteiger charge is 2.68. The first-order chi connectivity index (χ1) is 36.7. The molecule has 4 fully saturated rings. The number of fused-ring (bicyclic) bond motifs is 5. The molecule has 10 nitrogen and oxygen atoms in total. The maximum atomic E-state index is 15.2. The maximum Gasteiger partial charge on any atom is 0.340 e. The first-order valence-corrected chi connectivity index (χ1v) is 28.4. The van der Waals surface area contributed by atoms with Crippen molar-refractivity contribution in [2.45, 2.75) is 109 Å². The SMILES string of the molecule is CNC1CC(C23CC=C4OC(=O)C5=C4CCC4C6CCC7(C(=CC(CCO)Cc8ccccc8)OC(=O)C7=C6c6cc(O)ccc6-c6cccc(c6)CNCCc6cccc(c6)CC(C2)C(CCCO)C3)C54)CCN1. The minimum atomic E-state index is -0.958. The van der Waals surface area contributed by atoms with Crippen LogP contribution in [0, 0.1) is 52.3 Å². The average molecular weight is 1010 g/mol. The van der Waals surface area contributed by atoms with E-state index in [9.17, 15) is 15.3 Å². The molecule has 2 saturated heterocycles. The second-order valence-corrected chi connectivity index (χ2v) is 23.6. The Morgan fingerprint density at radius 1 is 0.827 bits per heavy atom. The van der Waals surface area contributed by atoms with Crippen LogP contribution in [0.3, 0.4) is 0 Å². The summed E-state index contributed by atoms with van der Waals surface area (Å²) in [5.41, 5.74) is 10.0. The van der Waals surface area contributed by atoms with Gasteiger partial charge in [0.05, 0.1) is 17.2 Å². The summed E-state index contributed by atoms with van der Waals surface area (Å²) < 4.78 is 13.3. The number of phenols is 1. The van der Waals surface area contributed by atoms with E-state index in [4.69, 9.17) is 9.47 Å². The van der Waals surface area contributed by atoms with Gasteiger partial charge in [-0.3, -0.25) is 0 Å². The van der Waals surface area contributed by atoms with Crippen molar-refractivity contribution >= 4 is 17.5 Å². The molecule has 0 radical (unpaired) electrons. The number of carbonyl (C=O) groups is 2. The molecule has 6 N–H and O–H groups in total. The van der Waals surface area contributed by atoms with Crippen molar-refractivity contribution in [1.82, 2.24) is 16.0 Å². The Morgan fingerprint density at radius 2 is 1.68 bits per heavy atom. The predicted molar refractivity (Wildman–Crippen MR) is 291 cm³/mol. The number of aliphatic hydroxyl groups is 2. The van der Waals surface area contributed by atoms with Crippen LogP contribution in [-0.4, -0.2) is 66.8 Å². The Balaban J connectivity index is 1.03. The number of benzene rings is 4. The van der Waals surface area contributed by atoms with E-state index in [0.29, 0.717) is 72.6 Å². The van der Waals surface area contributed by atoms with E-state index in [1.54, 1.807) is 6.07 Å². The monoisotopic (exact) mass is 1010 g/mol. The van der Waals surface area contributed by atoms with Gasteiger partial charge < -0.3 is 40.7 Å². The topological polar surface area (TPSA) is 149 Å². The fourth-order valence-corrected chi connectivity index (χ4v) is 16.3. The lowest BCUT2D eigenvalue weighted by molar-refractivity contribution is -0.135. The van der Waals surface area contributed by atoms with E-state index in [0.717, 1.165) is 123 Å². The van der Waals surface area contributed by atoms with Crippen molar-refractivity contribution in [2.24, 2.45) is 52.3 Å². The maximum absolute atomic E-state index is 15.2. The van der Waals surface area contributed by atoms with Gasteiger partial charge in [-0.15, -0.1) is 0 Å². The first-order valence-electron chi connectivity index (χ1n) is 28.4. The van der Waals surface area contributed by atoms with Crippen LogP contribution in [0.4, 0.5) is 0 Å². The lowest BCUT2D eigenvalue weighted by Gasteiger charge is -2.56. The van der Waals surface area contributed by atoms with Gasteiger partial charge in [-0.25, -0.2) is 9.59 Å². The van der Waals surface area contributed by atoms with Crippen LogP contribution in [0.1, 0.15) is 105 Å². The zero-order valence-corrected chi connectivity index (χ0v) is 43.6. The molecule has 14 bridgehead atoms. The molecule has 10 heteroatoms. The van der Waals surface area contributed by atoms with Gasteiger partial charge in [-0.1, -0.05) is 78.9 Å². The van der Waals surface area contributed by atoms with Gasteiger partial charge in [-0.05, 0) is 232 Å². The van der Waals surface area contributed by atoms with Crippen LogP contribution >= 0.6 is 0 Å². The lowest BCUT2D eigenvalue weighted by Crippen LogP contribution is -2.52. The molecule has 75 heavy (non-hydrogen) atoms. The molecule has 2 saturated carbocycles. The van der Waals surface area contributed by atoms with Crippen molar-refractivity contribution in [2.75, 3.05) is 33.4 Å². The molecule has 5 heterocycles. The van der Waals surface area contributed by atoms with Crippen LogP contribution in [0.25, 0.3) is 16.7 Å². The van der Waals surface area contributed by atoms with E-state index in [1.165, 1.54) is 11.1 Å². The van der Waals surface area contributed by atoms with Gasteiger partial charge in [0.15, 0.2) is 0 Å². The third-order valence-electron chi connectivity index (χ3n) is 19.6. The molecule has 5 aliphatic heterocycles. The molecule has 1 spiro atoms. The number of phenolic OH excluding ortho intramolecular Hbond substituents is 1. The molecule has 10 atom stereocenters. The summed E-state index contributed by atoms with van der Waals surface area (Å²) in [5.74, 6) is 1.55. The summed E-state index contributed by atoms with van der Waals surface area (Å²) in [7, 11) is 2.05. The third kappa shape index (κ3) is 9.26. The summed E-state index contributed by atoms with van der Waals surface area (Å²) in [4.78, 5) is 30.4. The van der Waals surface area contributed by atoms with E-state index >= 15 is 9.59 Å². The lowest BCUT2D eigenvalue weighted by atomic mass is 9.44. The molecule has 14 rings (SSSR count). The second kappa shape index (κ2) is 21.1. The highest BCUT2D eigenvalue weighted by molar-refractivity contribution is 6.07. The van der Waals surface area contributed by atoms with Crippen LogP contribution in [-0.2, 0) is 44.9 Å². The zero-order chi connectivity index (χ0) is 51.3. The largest absolute Gasteiger partial charge is 0.508 e. The molecule has 10 unspecified atom stereocenters. The van der Waals surface area contributed by atoms with E-state index in [1.807, 2.05) is 30.3 Å². The molecular weight excluding hydrogens is 935 g/mol. The molecule has 0 amide bonds. The minimum Gasteiger partial charge on any atom is -0.508 e. The molecule has 4 aromatic rings. The van der Waals surface area contributed by atoms with E-state index in [-0.39, 0.29) is 66.2 Å². The average Bonchev–Trinajstić information content (AvgIpc) is 4.07. The van der Waals surface area contributed by atoms with Crippen molar-refractivity contribution in [1.29, 1.82) is 0 Å². The number of aromatic hydroxyl groups is 1. The normalized spacial score (nSPS) is 31.2. The Kier molecular flexibility index (Phi) is 14.1. The molecule has 392 valence electrons. The van der Waals surface area contributed by atoms with Crippen molar-refractivity contribution < 1.29 is 34.4 Å². The Hall–Kier alpha value is -5.62. The zero-order valence-electron chi connectivity index (χ0n) is 43.6. The minimum absolute atomic E-state index is 0.00647. The highest BCUT2D eigenvalue weighted by Crippen LogP contribution is 2.72. The van der Waals surface area contributed by atoms with Gasteiger partial charge in [0, 0.05) is 36.8 Å². The molecule has 5 aliphatic carbocycles. The van der Waals surface area contributed by atoms with Gasteiger partial charge in [0.1, 0.15) is 17.3 Å². The fourth-order valence-electron chi connectivity index (χ4n) is 16.3. The number of allylic oxidation sites excluding steroid dienone is 5. The predicted octanol–water partition coefficient (Wildman–Crippen LogP) is 10.3. The van der Waals surface area contributed by atoms with Gasteiger partial charge in [0.2, 0.25) is 0 Å². The quantitative estimate of drug-likeness (QED) is 0.0848. The number of piperidine rings is 1. The molecule has 0 aromatic heterocycles. The summed E-state index contributed by atoms with van der Waals surface area (Å²) >= 11 is 0. The number of hydrogen-bond donors (Lipinski definition) is 6. The molecular formula is C65H75N3O7. The number of carbonyl (C=O) groups excluding carboxylic acids is 2. The van der Waals surface area contributed by atoms with E-state index in [2.05, 4.69) is 95.8 Å². The summed E-state index contributed by atoms with van der Waals surface area (Å²) in [5, 5.41) is 43.2. The van der Waals surface area contributed by atoms with Crippen molar-refractivity contribution in [3.63, 3.8) is 0 Å². The van der Waals surface area contributed by atoms with Crippen LogP contribution in [0.15, 0.2) is 137 Å². The van der Waals surface area contributed by atoms with Gasteiger partial charge in [-0.2, -0.15) is 0 Å². The van der Waals surface area contributed by atoms with Crippen LogP contribution in [0.2, 0.25) is 0 Å². The smallest absolute Gasteiger partial charge is 0.340 e. The summed E-state index contributed by atoms with van der Waals surface area (Å²) in [6, 6.07) is 33.7. The molecule has 4 aromatic carbocycles. The van der Waals surface area contributed by atoms with Crippen molar-refractivity contribution in [3.05, 3.63) is 165 Å². The number of rotatable bonds is 10.